The maximum atomic E-state index is 9.32. The number of hydrogen-bond donors (Lipinski definition) is 2. The van der Waals surface area contributed by atoms with Crippen LogP contribution in [0.4, 0.5) is 5.82 Å². The van der Waals surface area contributed by atoms with Gasteiger partial charge in [-0.15, -0.1) is 0 Å². The van der Waals surface area contributed by atoms with E-state index in [-0.39, 0.29) is 12.0 Å². The third kappa shape index (κ3) is 3.24. The van der Waals surface area contributed by atoms with E-state index in [9.17, 15) is 5.11 Å². The molecule has 7 heteroatoms. The number of fused-ring (bicyclic) bond motifs is 1. The third-order valence-corrected chi connectivity index (χ3v) is 3.55. The van der Waals surface area contributed by atoms with Crippen LogP contribution in [0.2, 0.25) is 0 Å². The molecule has 2 N–H and O–H groups in total. The van der Waals surface area contributed by atoms with Crippen molar-refractivity contribution < 1.29 is 9.84 Å². The molecule has 1 unspecified atom stereocenters. The molecule has 7 nitrogen and oxygen atoms in total. The second-order valence-corrected chi connectivity index (χ2v) is 5.12. The second kappa shape index (κ2) is 6.62. The first-order valence-electron chi connectivity index (χ1n) is 7.50. The maximum Gasteiger partial charge on any atom is 0.167 e. The van der Waals surface area contributed by atoms with Gasteiger partial charge in [0, 0.05) is 13.2 Å². The Morgan fingerprint density at radius 2 is 2.00 bits per heavy atom. The number of anilines is 1. The van der Waals surface area contributed by atoms with E-state index in [1.54, 1.807) is 18.5 Å². The summed E-state index contributed by atoms with van der Waals surface area (Å²) in [6.07, 6.45) is 3.09. The van der Waals surface area contributed by atoms with Crippen molar-refractivity contribution in [3.63, 3.8) is 0 Å². The summed E-state index contributed by atoms with van der Waals surface area (Å²) < 4.78 is 7.47. The minimum Gasteiger partial charge on any atom is -0.508 e. The van der Waals surface area contributed by atoms with Gasteiger partial charge < -0.3 is 15.2 Å². The van der Waals surface area contributed by atoms with E-state index in [0.29, 0.717) is 24.5 Å². The van der Waals surface area contributed by atoms with E-state index in [2.05, 4.69) is 20.3 Å². The van der Waals surface area contributed by atoms with Crippen LogP contribution in [0.5, 0.6) is 5.75 Å². The van der Waals surface area contributed by atoms with Gasteiger partial charge in [0.05, 0.1) is 6.33 Å². The summed E-state index contributed by atoms with van der Waals surface area (Å²) >= 11 is 0. The Labute approximate surface area is 134 Å². The summed E-state index contributed by atoms with van der Waals surface area (Å²) in [6.45, 7) is 5.11. The van der Waals surface area contributed by atoms with E-state index in [0.717, 1.165) is 11.2 Å². The topological polar surface area (TPSA) is 85.1 Å². The predicted octanol–water partition coefficient (Wildman–Crippen LogP) is 2.70. The first-order valence-corrected chi connectivity index (χ1v) is 7.50. The molecule has 2 aromatic heterocycles. The zero-order valence-electron chi connectivity index (χ0n) is 13.1. The zero-order chi connectivity index (χ0) is 16.2. The van der Waals surface area contributed by atoms with Crippen LogP contribution in [0.25, 0.3) is 11.2 Å². The Morgan fingerprint density at radius 3 is 2.74 bits per heavy atom. The maximum absolute atomic E-state index is 9.32. The number of imidazole rings is 1. The first kappa shape index (κ1) is 15.2. The molecule has 0 saturated heterocycles. The number of nitrogens with one attached hydrogen (secondary N) is 1. The van der Waals surface area contributed by atoms with Gasteiger partial charge in [-0.1, -0.05) is 12.1 Å². The van der Waals surface area contributed by atoms with E-state index < -0.39 is 0 Å². The van der Waals surface area contributed by atoms with Gasteiger partial charge in [0.25, 0.3) is 0 Å². The van der Waals surface area contributed by atoms with Crippen molar-refractivity contribution in [3.05, 3.63) is 42.5 Å². The summed E-state index contributed by atoms with van der Waals surface area (Å²) in [5, 5.41) is 12.6. The fourth-order valence-electron chi connectivity index (χ4n) is 2.37. The number of aromatic hydroxyl groups is 1. The van der Waals surface area contributed by atoms with Gasteiger partial charge in [0.2, 0.25) is 0 Å². The van der Waals surface area contributed by atoms with Crippen LogP contribution in [0.1, 0.15) is 25.6 Å². The number of aromatic nitrogens is 4. The average Bonchev–Trinajstić information content (AvgIpc) is 2.99. The smallest absolute Gasteiger partial charge is 0.167 e. The quantitative estimate of drug-likeness (QED) is 0.728. The van der Waals surface area contributed by atoms with E-state index in [1.807, 2.05) is 30.5 Å². The van der Waals surface area contributed by atoms with Crippen LogP contribution in [-0.2, 0) is 11.3 Å². The number of nitrogens with zero attached hydrogens (tertiary/aromatic N) is 4. The van der Waals surface area contributed by atoms with Crippen LogP contribution in [0.3, 0.4) is 0 Å². The number of hydrogen-bond acceptors (Lipinski definition) is 6. The molecule has 1 aromatic carbocycles. The number of rotatable bonds is 6. The Morgan fingerprint density at radius 1 is 1.22 bits per heavy atom. The summed E-state index contributed by atoms with van der Waals surface area (Å²) in [4.78, 5) is 13.0. The summed E-state index contributed by atoms with van der Waals surface area (Å²) in [5.74, 6) is 0.923. The normalized spacial score (nSPS) is 12.4. The molecule has 0 aliphatic carbocycles. The van der Waals surface area contributed by atoms with Gasteiger partial charge in [-0.2, -0.15) is 0 Å². The zero-order valence-corrected chi connectivity index (χ0v) is 13.1. The second-order valence-electron chi connectivity index (χ2n) is 5.12. The molecule has 0 amide bonds. The van der Waals surface area contributed by atoms with Crippen molar-refractivity contribution in [3.8, 4) is 5.75 Å². The van der Waals surface area contributed by atoms with Crippen molar-refractivity contribution in [2.45, 2.75) is 26.6 Å². The van der Waals surface area contributed by atoms with Gasteiger partial charge in [-0.05, 0) is 31.5 Å². The lowest BCUT2D eigenvalue weighted by molar-refractivity contribution is 0.0272. The molecule has 0 bridgehead atoms. The highest BCUT2D eigenvalue weighted by atomic mass is 16.5. The van der Waals surface area contributed by atoms with E-state index in [4.69, 9.17) is 4.74 Å². The summed E-state index contributed by atoms with van der Waals surface area (Å²) in [6, 6.07) is 7.03. The molecule has 23 heavy (non-hydrogen) atoms. The van der Waals surface area contributed by atoms with Gasteiger partial charge in [-0.3, -0.25) is 4.57 Å². The molecule has 0 saturated carbocycles. The minimum absolute atomic E-state index is 0.134. The van der Waals surface area contributed by atoms with Crippen LogP contribution in [0, 0.1) is 0 Å². The van der Waals surface area contributed by atoms with Gasteiger partial charge in [-0.25, -0.2) is 15.0 Å². The fraction of sp³-hybridized carbons (Fsp3) is 0.312. The van der Waals surface area contributed by atoms with Crippen LogP contribution in [-0.4, -0.2) is 31.2 Å². The van der Waals surface area contributed by atoms with Crippen molar-refractivity contribution in [2.24, 2.45) is 0 Å². The average molecular weight is 313 g/mol. The van der Waals surface area contributed by atoms with Crippen LogP contribution in [0.15, 0.2) is 36.9 Å². The van der Waals surface area contributed by atoms with E-state index >= 15 is 0 Å². The fourth-order valence-corrected chi connectivity index (χ4v) is 2.37. The molecule has 0 fully saturated rings. The molecule has 0 radical (unpaired) electrons. The largest absolute Gasteiger partial charge is 0.508 e. The predicted molar refractivity (Wildman–Crippen MR) is 87.1 cm³/mol. The van der Waals surface area contributed by atoms with E-state index in [1.165, 1.54) is 6.33 Å². The van der Waals surface area contributed by atoms with Crippen LogP contribution < -0.4 is 5.32 Å². The van der Waals surface area contributed by atoms with Crippen molar-refractivity contribution in [2.75, 3.05) is 11.9 Å². The molecule has 0 aliphatic heterocycles. The van der Waals surface area contributed by atoms with Gasteiger partial charge in [0.15, 0.2) is 17.0 Å². The Bertz CT molecular complexity index is 785. The molecular formula is C16H19N5O2. The summed E-state index contributed by atoms with van der Waals surface area (Å²) in [5.41, 5.74) is 2.48. The molecular weight excluding hydrogens is 294 g/mol. The molecule has 1 atom stereocenters. The standard InChI is InChI=1S/C16H19N5O2/c1-3-23-11(2)21-10-20-14-15(18-9-19-16(14)21)17-8-12-4-6-13(22)7-5-12/h4-7,9-11,22H,3,8H2,1-2H3,(H,17,18,19). The molecule has 3 aromatic rings. The third-order valence-electron chi connectivity index (χ3n) is 3.55. The van der Waals surface area contributed by atoms with Crippen LogP contribution >= 0.6 is 0 Å². The molecule has 0 aliphatic rings. The van der Waals surface area contributed by atoms with Crippen molar-refractivity contribution in [1.29, 1.82) is 0 Å². The lowest BCUT2D eigenvalue weighted by Gasteiger charge is -2.13. The van der Waals surface area contributed by atoms with Crippen molar-refractivity contribution in [1.82, 2.24) is 19.5 Å². The Kier molecular flexibility index (Phi) is 4.38. The monoisotopic (exact) mass is 313 g/mol. The highest BCUT2D eigenvalue weighted by Gasteiger charge is 2.13. The minimum atomic E-state index is -0.134. The Balaban J connectivity index is 1.82. The van der Waals surface area contributed by atoms with Gasteiger partial charge >= 0.3 is 0 Å². The number of ether oxygens (including phenoxy) is 1. The SMILES string of the molecule is CCOC(C)n1cnc2c(NCc3ccc(O)cc3)ncnc21. The first-order chi connectivity index (χ1) is 11.2. The molecule has 0 spiro atoms. The molecule has 120 valence electrons. The Hall–Kier alpha value is -2.67. The van der Waals surface area contributed by atoms with Crippen molar-refractivity contribution >= 4 is 17.0 Å². The van der Waals surface area contributed by atoms with Gasteiger partial charge in [0.1, 0.15) is 18.3 Å². The highest BCUT2D eigenvalue weighted by molar-refractivity contribution is 5.82. The molecule has 3 rings (SSSR count). The highest BCUT2D eigenvalue weighted by Crippen LogP contribution is 2.21. The lowest BCUT2D eigenvalue weighted by atomic mass is 10.2. The molecule has 2 heterocycles. The number of benzene rings is 1. The summed E-state index contributed by atoms with van der Waals surface area (Å²) in [7, 11) is 0. The number of phenolic OH excluding ortho intramolecular Hbond substituents is 1. The lowest BCUT2D eigenvalue weighted by Crippen LogP contribution is -2.09. The number of phenols is 1.